The zero-order chi connectivity index (χ0) is 22.6. The summed E-state index contributed by atoms with van der Waals surface area (Å²) in [5.41, 5.74) is 3.11. The Kier molecular flexibility index (Phi) is 6.08. The number of anilines is 2. The number of aromatic nitrogens is 3. The van der Waals surface area contributed by atoms with Gasteiger partial charge in [-0.25, -0.2) is 8.91 Å². The number of rotatable bonds is 8. The maximum atomic E-state index is 13.8. The molecule has 0 bridgehead atoms. The van der Waals surface area contributed by atoms with Gasteiger partial charge in [0.25, 0.3) is 0 Å². The molecule has 0 saturated carbocycles. The van der Waals surface area contributed by atoms with Crippen molar-refractivity contribution in [2.45, 2.75) is 12.8 Å². The molecule has 0 aliphatic carbocycles. The number of nitrogens with zero attached hydrogens (tertiary/aromatic N) is 4. The summed E-state index contributed by atoms with van der Waals surface area (Å²) in [5, 5.41) is 7.84. The molecule has 0 atom stereocenters. The first-order valence-corrected chi connectivity index (χ1v) is 11.1. The van der Waals surface area contributed by atoms with Gasteiger partial charge in [0.15, 0.2) is 17.2 Å². The van der Waals surface area contributed by atoms with Gasteiger partial charge in [-0.15, -0.1) is 5.10 Å². The van der Waals surface area contributed by atoms with E-state index in [2.05, 4.69) is 20.3 Å². The van der Waals surface area contributed by atoms with Gasteiger partial charge < -0.3 is 14.8 Å². The molecule has 1 aliphatic rings. The van der Waals surface area contributed by atoms with Crippen LogP contribution in [0.4, 0.5) is 16.0 Å². The van der Waals surface area contributed by atoms with E-state index in [1.807, 2.05) is 42.5 Å². The van der Waals surface area contributed by atoms with Crippen molar-refractivity contribution in [2.75, 3.05) is 38.7 Å². The molecule has 3 heterocycles. The number of nitrogens with one attached hydrogen (secondary N) is 1. The lowest BCUT2D eigenvalue weighted by molar-refractivity contribution is 0.238. The fourth-order valence-electron chi connectivity index (χ4n) is 4.06. The lowest BCUT2D eigenvalue weighted by Gasteiger charge is -2.15. The van der Waals surface area contributed by atoms with Gasteiger partial charge in [-0.2, -0.15) is 4.98 Å². The summed E-state index contributed by atoms with van der Waals surface area (Å²) < 4.78 is 26.5. The van der Waals surface area contributed by atoms with Crippen molar-refractivity contribution in [3.05, 3.63) is 66.5 Å². The van der Waals surface area contributed by atoms with E-state index in [4.69, 9.17) is 9.47 Å². The molecule has 8 heteroatoms. The number of halogens is 1. The zero-order valence-corrected chi connectivity index (χ0v) is 18.5. The lowest BCUT2D eigenvalue weighted by Crippen LogP contribution is -2.25. The van der Waals surface area contributed by atoms with Gasteiger partial charge in [0.05, 0.1) is 12.8 Å². The Labute approximate surface area is 191 Å². The number of fused-ring (bicyclic) bond motifs is 1. The molecule has 1 aliphatic heterocycles. The Bertz CT molecular complexity index is 1240. The van der Waals surface area contributed by atoms with Crippen molar-refractivity contribution in [2.24, 2.45) is 0 Å². The third kappa shape index (κ3) is 4.75. The van der Waals surface area contributed by atoms with Crippen LogP contribution in [0.1, 0.15) is 12.8 Å². The van der Waals surface area contributed by atoms with Gasteiger partial charge in [-0.05, 0) is 80.5 Å². The van der Waals surface area contributed by atoms with Crippen LogP contribution in [0.5, 0.6) is 11.5 Å². The normalized spacial score (nSPS) is 14.0. The monoisotopic (exact) mass is 447 g/mol. The predicted molar refractivity (Wildman–Crippen MR) is 126 cm³/mol. The van der Waals surface area contributed by atoms with Crippen molar-refractivity contribution < 1.29 is 13.9 Å². The SMILES string of the molecule is COc1cc(-c2cccc3nc(Nc4ccc(OCCN5CCCC5)cc4)nn23)ccc1F. The Morgan fingerprint density at radius 1 is 1.03 bits per heavy atom. The second kappa shape index (κ2) is 9.46. The average molecular weight is 448 g/mol. The summed E-state index contributed by atoms with van der Waals surface area (Å²) >= 11 is 0. The van der Waals surface area contributed by atoms with Gasteiger partial charge in [0, 0.05) is 17.8 Å². The summed E-state index contributed by atoms with van der Waals surface area (Å²) in [6, 6.07) is 18.2. The molecular weight excluding hydrogens is 421 g/mol. The summed E-state index contributed by atoms with van der Waals surface area (Å²) in [7, 11) is 1.45. The first kappa shape index (κ1) is 21.2. The second-order valence-corrected chi connectivity index (χ2v) is 8.01. The van der Waals surface area contributed by atoms with Crippen LogP contribution in [0.15, 0.2) is 60.7 Å². The summed E-state index contributed by atoms with van der Waals surface area (Å²) in [6.45, 7) is 4.01. The molecular formula is C25H26FN5O2. The molecule has 4 aromatic rings. The maximum absolute atomic E-state index is 13.8. The highest BCUT2D eigenvalue weighted by Crippen LogP contribution is 2.27. The van der Waals surface area contributed by atoms with E-state index in [9.17, 15) is 4.39 Å². The second-order valence-electron chi connectivity index (χ2n) is 8.01. The largest absolute Gasteiger partial charge is 0.494 e. The highest BCUT2D eigenvalue weighted by molar-refractivity contribution is 5.66. The van der Waals surface area contributed by atoms with Gasteiger partial charge in [-0.3, -0.25) is 4.90 Å². The van der Waals surface area contributed by atoms with Crippen LogP contribution in [-0.2, 0) is 0 Å². The number of benzene rings is 2. The maximum Gasteiger partial charge on any atom is 0.247 e. The first-order valence-electron chi connectivity index (χ1n) is 11.1. The molecule has 2 aromatic heterocycles. The minimum absolute atomic E-state index is 0.186. The highest BCUT2D eigenvalue weighted by atomic mass is 19.1. The van der Waals surface area contributed by atoms with Crippen molar-refractivity contribution in [3.8, 4) is 22.8 Å². The molecule has 33 heavy (non-hydrogen) atoms. The number of hydrogen-bond donors (Lipinski definition) is 1. The molecule has 2 aromatic carbocycles. The van der Waals surface area contributed by atoms with Crippen molar-refractivity contribution >= 4 is 17.3 Å². The molecule has 170 valence electrons. The van der Waals surface area contributed by atoms with Crippen LogP contribution in [0.3, 0.4) is 0 Å². The number of methoxy groups -OCH3 is 1. The van der Waals surface area contributed by atoms with E-state index in [1.54, 1.807) is 16.6 Å². The van der Waals surface area contributed by atoms with Crippen LogP contribution >= 0.6 is 0 Å². The Morgan fingerprint density at radius 3 is 2.64 bits per heavy atom. The third-order valence-electron chi connectivity index (χ3n) is 5.79. The molecule has 0 radical (unpaired) electrons. The van der Waals surface area contributed by atoms with E-state index < -0.39 is 5.82 Å². The average Bonchev–Trinajstić information content (AvgIpc) is 3.50. The van der Waals surface area contributed by atoms with Crippen LogP contribution < -0.4 is 14.8 Å². The van der Waals surface area contributed by atoms with E-state index in [-0.39, 0.29) is 5.75 Å². The summed E-state index contributed by atoms with van der Waals surface area (Å²) in [4.78, 5) is 7.00. The van der Waals surface area contributed by atoms with Crippen LogP contribution in [0, 0.1) is 5.82 Å². The van der Waals surface area contributed by atoms with Crippen molar-refractivity contribution in [3.63, 3.8) is 0 Å². The zero-order valence-electron chi connectivity index (χ0n) is 18.5. The van der Waals surface area contributed by atoms with E-state index >= 15 is 0 Å². The van der Waals surface area contributed by atoms with E-state index in [0.29, 0.717) is 18.2 Å². The fourth-order valence-corrected chi connectivity index (χ4v) is 4.06. The minimum Gasteiger partial charge on any atom is -0.494 e. The van der Waals surface area contributed by atoms with Gasteiger partial charge in [0.1, 0.15) is 12.4 Å². The van der Waals surface area contributed by atoms with Crippen LogP contribution in [0.25, 0.3) is 16.9 Å². The summed E-state index contributed by atoms with van der Waals surface area (Å²) in [5.74, 6) is 1.10. The molecule has 1 N–H and O–H groups in total. The third-order valence-corrected chi connectivity index (χ3v) is 5.79. The van der Waals surface area contributed by atoms with Gasteiger partial charge in [0.2, 0.25) is 5.95 Å². The number of likely N-dealkylation sites (tertiary alicyclic amines) is 1. The molecule has 0 spiro atoms. The molecule has 7 nitrogen and oxygen atoms in total. The van der Waals surface area contributed by atoms with Crippen LogP contribution in [-0.4, -0.2) is 52.8 Å². The minimum atomic E-state index is -0.405. The predicted octanol–water partition coefficient (Wildman–Crippen LogP) is 4.76. The molecule has 1 fully saturated rings. The Balaban J connectivity index is 1.29. The molecule has 0 unspecified atom stereocenters. The molecule has 5 rings (SSSR count). The number of pyridine rings is 1. The van der Waals surface area contributed by atoms with Crippen molar-refractivity contribution in [1.29, 1.82) is 0 Å². The smallest absolute Gasteiger partial charge is 0.247 e. The van der Waals surface area contributed by atoms with E-state index in [1.165, 1.54) is 39.1 Å². The van der Waals surface area contributed by atoms with Crippen LogP contribution in [0.2, 0.25) is 0 Å². The van der Waals surface area contributed by atoms with Crippen molar-refractivity contribution in [1.82, 2.24) is 19.5 Å². The lowest BCUT2D eigenvalue weighted by atomic mass is 10.1. The quantitative estimate of drug-likeness (QED) is 0.420. The number of hydrogen-bond acceptors (Lipinski definition) is 6. The Morgan fingerprint density at radius 2 is 1.85 bits per heavy atom. The van der Waals surface area contributed by atoms with E-state index in [0.717, 1.165) is 29.2 Å². The summed E-state index contributed by atoms with van der Waals surface area (Å²) in [6.07, 6.45) is 2.58. The standard InChI is InChI=1S/C25H26FN5O2/c1-32-23-17-18(7-12-21(23)26)22-5-4-6-24-28-25(29-31(22)24)27-19-8-10-20(11-9-19)33-16-15-30-13-2-3-14-30/h4-12,17H,2-3,13-16H2,1H3,(H,27,29). The van der Waals surface area contributed by atoms with Gasteiger partial charge in [-0.1, -0.05) is 6.07 Å². The molecule has 1 saturated heterocycles. The van der Waals surface area contributed by atoms with Gasteiger partial charge >= 0.3 is 0 Å². The topological polar surface area (TPSA) is 63.9 Å². The first-order chi connectivity index (χ1) is 16.2. The number of ether oxygens (including phenoxy) is 2. The fraction of sp³-hybridized carbons (Fsp3) is 0.280. The molecule has 0 amide bonds. The highest BCUT2D eigenvalue weighted by Gasteiger charge is 2.13. The Hall–Kier alpha value is -3.65.